The van der Waals surface area contributed by atoms with Crippen molar-refractivity contribution in [3.8, 4) is 5.88 Å². The van der Waals surface area contributed by atoms with Gasteiger partial charge in [0.15, 0.2) is 5.78 Å². The standard InChI is InChI=1S/C22H23F3N4O3/c1-12-2-5-18-20(12)22(10-23,29-21(26)32-18)14-6-13(3-4-15(14)25)7-17(30)16-8-28-19(9-27-16)31-11-24/h3-4,6,8-9,12,18,20H,2,5,7,10-11H2,1H3,(H2,26,29)/t12-,18-,20+,22-/m1/s1. The summed E-state index contributed by atoms with van der Waals surface area (Å²) in [6, 6.07) is 3.96. The average Bonchev–Trinajstić information content (AvgIpc) is 3.16. The number of hydrogen-bond acceptors (Lipinski definition) is 7. The molecule has 1 aromatic carbocycles. The Hall–Kier alpha value is -3.17. The summed E-state index contributed by atoms with van der Waals surface area (Å²) in [6.07, 6.45) is 3.33. The number of amidine groups is 1. The SMILES string of the molecule is C[C@@H]1CC[C@H]2OC(N)=N[C@](CF)(c3cc(CC(=O)c4cnc(OCF)cn4)ccc3F)[C@@H]12. The Morgan fingerprint density at radius 3 is 2.78 bits per heavy atom. The minimum atomic E-state index is -1.52. The molecule has 2 aliphatic rings. The van der Waals surface area contributed by atoms with E-state index in [0.29, 0.717) is 12.0 Å². The number of halogens is 3. The highest BCUT2D eigenvalue weighted by Gasteiger charge is 2.55. The molecule has 2 N–H and O–H groups in total. The molecule has 0 saturated heterocycles. The molecule has 1 aromatic heterocycles. The molecule has 170 valence electrons. The Bertz CT molecular complexity index is 1030. The number of carbonyl (C=O) groups is 1. The maximum atomic E-state index is 15.0. The lowest BCUT2D eigenvalue weighted by molar-refractivity contribution is 0.0323. The number of nitrogens with two attached hydrogens (primary N) is 1. The Morgan fingerprint density at radius 2 is 2.09 bits per heavy atom. The molecule has 10 heteroatoms. The predicted octanol–water partition coefficient (Wildman–Crippen LogP) is 3.27. The van der Waals surface area contributed by atoms with E-state index in [-0.39, 0.29) is 47.5 Å². The normalized spacial score (nSPS) is 26.8. The summed E-state index contributed by atoms with van der Waals surface area (Å²) >= 11 is 0. The topological polar surface area (TPSA) is 99.7 Å². The average molecular weight is 448 g/mol. The van der Waals surface area contributed by atoms with Crippen LogP contribution >= 0.6 is 0 Å². The van der Waals surface area contributed by atoms with Crippen molar-refractivity contribution in [1.29, 1.82) is 0 Å². The smallest absolute Gasteiger partial charge is 0.283 e. The lowest BCUT2D eigenvalue weighted by Gasteiger charge is -2.42. The highest BCUT2D eigenvalue weighted by atomic mass is 19.1. The molecule has 4 atom stereocenters. The van der Waals surface area contributed by atoms with E-state index in [0.717, 1.165) is 12.6 Å². The van der Waals surface area contributed by atoms with E-state index < -0.39 is 30.7 Å². The van der Waals surface area contributed by atoms with Crippen molar-refractivity contribution >= 4 is 11.8 Å². The van der Waals surface area contributed by atoms with Gasteiger partial charge in [0.1, 0.15) is 29.8 Å². The number of aromatic nitrogens is 2. The molecule has 0 spiro atoms. The Kier molecular flexibility index (Phi) is 6.03. The van der Waals surface area contributed by atoms with Crippen molar-refractivity contribution in [2.45, 2.75) is 37.8 Å². The van der Waals surface area contributed by atoms with Crippen molar-refractivity contribution in [3.63, 3.8) is 0 Å². The first kappa shape index (κ1) is 22.0. The summed E-state index contributed by atoms with van der Waals surface area (Å²) in [5.74, 6) is -1.39. The fourth-order valence-corrected chi connectivity index (χ4v) is 4.83. The Morgan fingerprint density at radius 1 is 1.28 bits per heavy atom. The summed E-state index contributed by atoms with van der Waals surface area (Å²) in [5.41, 5.74) is 4.88. The molecule has 1 aliphatic carbocycles. The number of aliphatic imine (C=N–C) groups is 1. The number of nitrogens with zero attached hydrogens (tertiary/aromatic N) is 3. The zero-order chi connectivity index (χ0) is 22.9. The monoisotopic (exact) mass is 448 g/mol. The van der Waals surface area contributed by atoms with Crippen molar-refractivity contribution in [1.82, 2.24) is 9.97 Å². The summed E-state index contributed by atoms with van der Waals surface area (Å²) in [6.45, 7) is -0.0384. The summed E-state index contributed by atoms with van der Waals surface area (Å²) < 4.78 is 52.0. The number of ether oxygens (including phenoxy) is 2. The zero-order valence-electron chi connectivity index (χ0n) is 17.4. The van der Waals surface area contributed by atoms with Gasteiger partial charge in [-0.1, -0.05) is 13.0 Å². The van der Waals surface area contributed by atoms with E-state index in [1.54, 1.807) is 0 Å². The van der Waals surface area contributed by atoms with E-state index in [1.807, 2.05) is 6.92 Å². The molecule has 32 heavy (non-hydrogen) atoms. The Labute approximate surface area is 182 Å². The molecule has 0 unspecified atom stereocenters. The number of rotatable bonds is 7. The fraction of sp³-hybridized carbons (Fsp3) is 0.455. The van der Waals surface area contributed by atoms with E-state index >= 15 is 4.39 Å². The Balaban J connectivity index is 1.66. The summed E-state index contributed by atoms with van der Waals surface area (Å²) in [7, 11) is 0. The zero-order valence-corrected chi connectivity index (χ0v) is 17.4. The van der Waals surface area contributed by atoms with E-state index in [2.05, 4.69) is 19.7 Å². The summed E-state index contributed by atoms with van der Waals surface area (Å²) in [4.78, 5) is 24.6. The van der Waals surface area contributed by atoms with Crippen molar-refractivity contribution in [2.75, 3.05) is 13.5 Å². The minimum Gasteiger partial charge on any atom is -0.462 e. The molecule has 1 aliphatic heterocycles. The quantitative estimate of drug-likeness (QED) is 0.653. The molecule has 0 bridgehead atoms. The number of ketones is 1. The summed E-state index contributed by atoms with van der Waals surface area (Å²) in [5, 5.41) is 0. The molecule has 2 aromatic rings. The van der Waals surface area contributed by atoms with Gasteiger partial charge in [-0.15, -0.1) is 0 Å². The van der Waals surface area contributed by atoms with Gasteiger partial charge in [-0.05, 0) is 36.5 Å². The number of Topliss-reactive ketones (excluding diaryl/α,β-unsaturated/α-hetero) is 1. The maximum Gasteiger partial charge on any atom is 0.283 e. The third-order valence-corrected chi connectivity index (χ3v) is 6.24. The predicted molar refractivity (Wildman–Crippen MR) is 109 cm³/mol. The third-order valence-electron chi connectivity index (χ3n) is 6.24. The second-order valence-electron chi connectivity index (χ2n) is 8.15. The van der Waals surface area contributed by atoms with Crippen LogP contribution in [0.15, 0.2) is 35.6 Å². The highest BCUT2D eigenvalue weighted by Crippen LogP contribution is 2.50. The van der Waals surface area contributed by atoms with Crippen molar-refractivity contribution < 1.29 is 27.4 Å². The first-order chi connectivity index (χ1) is 15.4. The lowest BCUT2D eigenvalue weighted by atomic mass is 9.72. The van der Waals surface area contributed by atoms with Crippen LogP contribution in [0, 0.1) is 17.7 Å². The largest absolute Gasteiger partial charge is 0.462 e. The molecule has 2 heterocycles. The van der Waals surface area contributed by atoms with Gasteiger partial charge in [-0.3, -0.25) is 4.79 Å². The van der Waals surface area contributed by atoms with Crippen LogP contribution < -0.4 is 10.5 Å². The van der Waals surface area contributed by atoms with Crippen LogP contribution in [0.2, 0.25) is 0 Å². The third kappa shape index (κ3) is 3.89. The van der Waals surface area contributed by atoms with Gasteiger partial charge in [-0.2, -0.15) is 0 Å². The van der Waals surface area contributed by atoms with Gasteiger partial charge in [0.2, 0.25) is 12.7 Å². The molecule has 1 saturated carbocycles. The van der Waals surface area contributed by atoms with E-state index in [9.17, 15) is 13.6 Å². The first-order valence-corrected chi connectivity index (χ1v) is 10.3. The van der Waals surface area contributed by atoms with Crippen LogP contribution in [0.3, 0.4) is 0 Å². The fourth-order valence-electron chi connectivity index (χ4n) is 4.83. The number of fused-ring (bicyclic) bond motifs is 1. The van der Waals surface area contributed by atoms with E-state index in [4.69, 9.17) is 10.5 Å². The second kappa shape index (κ2) is 8.76. The van der Waals surface area contributed by atoms with Gasteiger partial charge in [0.05, 0.1) is 12.4 Å². The second-order valence-corrected chi connectivity index (χ2v) is 8.15. The van der Waals surface area contributed by atoms with E-state index in [1.165, 1.54) is 24.4 Å². The number of carbonyl (C=O) groups excluding carboxylic acids is 1. The van der Waals surface area contributed by atoms with Gasteiger partial charge >= 0.3 is 0 Å². The van der Waals surface area contributed by atoms with Crippen LogP contribution in [0.25, 0.3) is 0 Å². The van der Waals surface area contributed by atoms with Crippen LogP contribution in [-0.2, 0) is 16.7 Å². The van der Waals surface area contributed by atoms with Crippen LogP contribution in [0.5, 0.6) is 5.88 Å². The van der Waals surface area contributed by atoms with Crippen LogP contribution in [0.1, 0.15) is 41.4 Å². The van der Waals surface area contributed by atoms with Gasteiger partial charge < -0.3 is 15.2 Å². The number of alkyl halides is 2. The molecular formula is C22H23F3N4O3. The number of benzene rings is 1. The molecule has 0 amide bonds. The molecular weight excluding hydrogens is 425 g/mol. The van der Waals surface area contributed by atoms with Gasteiger partial charge in [-0.25, -0.2) is 28.1 Å². The maximum absolute atomic E-state index is 15.0. The van der Waals surface area contributed by atoms with Crippen LogP contribution in [-0.4, -0.2) is 41.4 Å². The molecule has 4 rings (SSSR count). The highest BCUT2D eigenvalue weighted by molar-refractivity contribution is 5.95. The van der Waals surface area contributed by atoms with Crippen molar-refractivity contribution in [3.05, 3.63) is 53.2 Å². The molecule has 0 radical (unpaired) electrons. The van der Waals surface area contributed by atoms with Crippen molar-refractivity contribution in [2.24, 2.45) is 22.6 Å². The first-order valence-electron chi connectivity index (χ1n) is 10.3. The molecule has 7 nitrogen and oxygen atoms in total. The van der Waals surface area contributed by atoms with Crippen LogP contribution in [0.4, 0.5) is 13.2 Å². The van der Waals surface area contributed by atoms with Gasteiger partial charge in [0, 0.05) is 17.9 Å². The lowest BCUT2D eigenvalue weighted by Crippen LogP contribution is -2.50. The minimum absolute atomic E-state index is 0.0418. The van der Waals surface area contributed by atoms with Gasteiger partial charge in [0.25, 0.3) is 6.02 Å². The number of hydrogen-bond donors (Lipinski definition) is 1. The molecule has 1 fully saturated rings.